The van der Waals surface area contributed by atoms with Crippen molar-refractivity contribution in [3.8, 4) is 11.5 Å². The van der Waals surface area contributed by atoms with Crippen molar-refractivity contribution in [1.82, 2.24) is 9.80 Å². The minimum Gasteiger partial charge on any atom is -0.460 e. The maximum atomic E-state index is 12.6. The van der Waals surface area contributed by atoms with Crippen molar-refractivity contribution in [2.45, 2.75) is 52.2 Å². The van der Waals surface area contributed by atoms with Crippen molar-refractivity contribution in [3.05, 3.63) is 23.8 Å². The lowest BCUT2D eigenvalue weighted by Crippen LogP contribution is -2.44. The number of rotatable bonds is 7. The molecule has 0 fully saturated rings. The summed E-state index contributed by atoms with van der Waals surface area (Å²) in [4.78, 5) is 39.4. The molecule has 0 spiro atoms. The summed E-state index contributed by atoms with van der Waals surface area (Å²) in [5.74, 6) is 0.154. The maximum Gasteiger partial charge on any atom is 0.315 e. The first kappa shape index (κ1) is 22.5. The maximum absolute atomic E-state index is 12.6. The quantitative estimate of drug-likeness (QED) is 0.509. The van der Waals surface area contributed by atoms with Gasteiger partial charge in [-0.1, -0.05) is 6.07 Å². The fourth-order valence-electron chi connectivity index (χ4n) is 2.83. The number of benzene rings is 1. The SMILES string of the molecule is CC(Cc1ccc2c(c1)OCO2)N(C)C(=O)CN(C)C(=O)CC(=O)OC(C)(C)C. The predicted molar refractivity (Wildman–Crippen MR) is 107 cm³/mol. The molecule has 0 radical (unpaired) electrons. The molecule has 0 saturated heterocycles. The van der Waals surface area contributed by atoms with E-state index in [4.69, 9.17) is 14.2 Å². The zero-order chi connectivity index (χ0) is 21.8. The molecule has 160 valence electrons. The third-order valence-corrected chi connectivity index (χ3v) is 4.54. The minimum atomic E-state index is -0.657. The smallest absolute Gasteiger partial charge is 0.315 e. The predicted octanol–water partition coefficient (Wildman–Crippen LogP) is 1.99. The van der Waals surface area contributed by atoms with E-state index in [1.807, 2.05) is 25.1 Å². The Bertz CT molecular complexity index is 771. The number of esters is 1. The van der Waals surface area contributed by atoms with Crippen molar-refractivity contribution in [2.24, 2.45) is 0 Å². The minimum absolute atomic E-state index is 0.0859. The summed E-state index contributed by atoms with van der Waals surface area (Å²) in [6.45, 7) is 7.25. The Kier molecular flexibility index (Phi) is 7.11. The molecule has 1 aromatic rings. The molecule has 2 amide bonds. The van der Waals surface area contributed by atoms with E-state index in [9.17, 15) is 14.4 Å². The van der Waals surface area contributed by atoms with E-state index in [0.717, 1.165) is 11.3 Å². The first-order valence-corrected chi connectivity index (χ1v) is 9.56. The molecule has 29 heavy (non-hydrogen) atoms. The van der Waals surface area contributed by atoms with Crippen LogP contribution in [0.2, 0.25) is 0 Å². The van der Waals surface area contributed by atoms with Gasteiger partial charge >= 0.3 is 5.97 Å². The standard InChI is InChI=1S/C21H30N2O6/c1-14(9-15-7-8-16-17(10-15)28-13-27-16)23(6)19(25)12-22(5)18(24)11-20(26)29-21(2,3)4/h7-8,10,14H,9,11-13H2,1-6H3. The van der Waals surface area contributed by atoms with Crippen molar-refractivity contribution in [2.75, 3.05) is 27.4 Å². The molecule has 8 nitrogen and oxygen atoms in total. The largest absolute Gasteiger partial charge is 0.460 e. The van der Waals surface area contributed by atoms with Crippen molar-refractivity contribution in [1.29, 1.82) is 0 Å². The van der Waals surface area contributed by atoms with Crippen LogP contribution in [0, 0.1) is 0 Å². The van der Waals surface area contributed by atoms with Gasteiger partial charge in [0.05, 0.1) is 6.54 Å². The van der Waals surface area contributed by atoms with Crippen LogP contribution in [0.1, 0.15) is 39.7 Å². The van der Waals surface area contributed by atoms with Crippen LogP contribution >= 0.6 is 0 Å². The molecule has 1 aromatic carbocycles. The van der Waals surface area contributed by atoms with Crippen LogP contribution in [0.3, 0.4) is 0 Å². The van der Waals surface area contributed by atoms with Gasteiger partial charge in [-0.2, -0.15) is 0 Å². The normalized spacial score (nSPS) is 13.6. The van der Waals surface area contributed by atoms with Gasteiger partial charge in [-0.15, -0.1) is 0 Å². The fourth-order valence-corrected chi connectivity index (χ4v) is 2.83. The summed E-state index contributed by atoms with van der Waals surface area (Å²) in [6.07, 6.45) is 0.242. The Morgan fingerprint density at radius 3 is 2.41 bits per heavy atom. The Hall–Kier alpha value is -2.77. The third-order valence-electron chi connectivity index (χ3n) is 4.54. The van der Waals surface area contributed by atoms with Gasteiger partial charge in [-0.3, -0.25) is 14.4 Å². The van der Waals surface area contributed by atoms with E-state index >= 15 is 0 Å². The molecule has 1 aliphatic heterocycles. The highest BCUT2D eigenvalue weighted by Gasteiger charge is 2.24. The van der Waals surface area contributed by atoms with Crippen molar-refractivity contribution in [3.63, 3.8) is 0 Å². The van der Waals surface area contributed by atoms with Crippen molar-refractivity contribution < 1.29 is 28.6 Å². The van der Waals surface area contributed by atoms with Gasteiger partial charge in [-0.05, 0) is 51.8 Å². The summed E-state index contributed by atoms with van der Waals surface area (Å²) in [6, 6.07) is 5.62. The number of ether oxygens (including phenoxy) is 3. The number of amides is 2. The summed E-state index contributed by atoms with van der Waals surface area (Å²) in [7, 11) is 3.20. The van der Waals surface area contributed by atoms with Crippen molar-refractivity contribution >= 4 is 17.8 Å². The number of fused-ring (bicyclic) bond motifs is 1. The average Bonchev–Trinajstić information content (AvgIpc) is 3.06. The number of hydrogen-bond acceptors (Lipinski definition) is 6. The summed E-state index contributed by atoms with van der Waals surface area (Å²) in [5, 5.41) is 0. The number of carbonyl (C=O) groups excluding carboxylic acids is 3. The number of likely N-dealkylation sites (N-methyl/N-ethyl adjacent to an activating group) is 2. The molecule has 0 N–H and O–H groups in total. The zero-order valence-corrected chi connectivity index (χ0v) is 18.0. The van der Waals surface area contributed by atoms with Crippen LogP contribution in [0.4, 0.5) is 0 Å². The van der Waals surface area contributed by atoms with Gasteiger partial charge in [0.15, 0.2) is 11.5 Å². The van der Waals surface area contributed by atoms with E-state index in [1.54, 1.807) is 32.7 Å². The first-order chi connectivity index (χ1) is 13.5. The molecular formula is C21H30N2O6. The summed E-state index contributed by atoms with van der Waals surface area (Å²) < 4.78 is 15.8. The molecular weight excluding hydrogens is 376 g/mol. The highest BCUT2D eigenvalue weighted by molar-refractivity contribution is 5.95. The van der Waals surface area contributed by atoms with E-state index < -0.39 is 23.9 Å². The summed E-state index contributed by atoms with van der Waals surface area (Å²) in [5.41, 5.74) is 0.367. The second-order valence-electron chi connectivity index (χ2n) is 8.26. The molecule has 2 rings (SSSR count). The van der Waals surface area contributed by atoms with Crippen LogP contribution < -0.4 is 9.47 Å². The molecule has 0 saturated carbocycles. The monoisotopic (exact) mass is 406 g/mol. The lowest BCUT2D eigenvalue weighted by Gasteiger charge is -2.27. The highest BCUT2D eigenvalue weighted by atomic mass is 16.7. The van der Waals surface area contributed by atoms with Crippen LogP contribution in [0.15, 0.2) is 18.2 Å². The molecule has 1 aliphatic rings. The highest BCUT2D eigenvalue weighted by Crippen LogP contribution is 2.32. The number of nitrogens with zero attached hydrogens (tertiary/aromatic N) is 2. The lowest BCUT2D eigenvalue weighted by molar-refractivity contribution is -0.158. The second kappa shape index (κ2) is 9.15. The Balaban J connectivity index is 1.85. The molecule has 1 atom stereocenters. The number of hydrogen-bond donors (Lipinski definition) is 0. The van der Waals surface area contributed by atoms with E-state index in [0.29, 0.717) is 12.2 Å². The average molecular weight is 406 g/mol. The topological polar surface area (TPSA) is 85.4 Å². The van der Waals surface area contributed by atoms with Crippen LogP contribution in [0.5, 0.6) is 11.5 Å². The second-order valence-corrected chi connectivity index (χ2v) is 8.26. The van der Waals surface area contributed by atoms with Gasteiger partial charge in [0.1, 0.15) is 12.0 Å². The molecule has 0 aliphatic carbocycles. The number of carbonyl (C=O) groups is 3. The van der Waals surface area contributed by atoms with Gasteiger partial charge in [0.25, 0.3) is 0 Å². The van der Waals surface area contributed by atoms with E-state index in [2.05, 4.69) is 0 Å². The lowest BCUT2D eigenvalue weighted by atomic mass is 10.1. The van der Waals surface area contributed by atoms with Gasteiger partial charge < -0.3 is 24.0 Å². The molecule has 8 heteroatoms. The molecule has 1 unspecified atom stereocenters. The van der Waals surface area contributed by atoms with Crippen LogP contribution in [0.25, 0.3) is 0 Å². The van der Waals surface area contributed by atoms with E-state index in [-0.39, 0.29) is 25.3 Å². The molecule has 1 heterocycles. The molecule has 0 bridgehead atoms. The van der Waals surface area contributed by atoms with Crippen LogP contribution in [-0.2, 0) is 25.5 Å². The summed E-state index contributed by atoms with van der Waals surface area (Å²) >= 11 is 0. The van der Waals surface area contributed by atoms with E-state index in [1.165, 1.54) is 11.9 Å². The first-order valence-electron chi connectivity index (χ1n) is 9.56. The molecule has 0 aromatic heterocycles. The Morgan fingerprint density at radius 1 is 1.10 bits per heavy atom. The Morgan fingerprint density at radius 2 is 1.76 bits per heavy atom. The van der Waals surface area contributed by atoms with Gasteiger partial charge in [0, 0.05) is 20.1 Å². The van der Waals surface area contributed by atoms with Gasteiger partial charge in [0.2, 0.25) is 18.6 Å². The van der Waals surface area contributed by atoms with Gasteiger partial charge in [-0.25, -0.2) is 0 Å². The Labute approximate surface area is 171 Å². The zero-order valence-electron chi connectivity index (χ0n) is 18.0. The third kappa shape index (κ3) is 6.66. The van der Waals surface area contributed by atoms with Crippen LogP contribution in [-0.4, -0.2) is 66.7 Å². The fraction of sp³-hybridized carbons (Fsp3) is 0.571.